The zero-order valence-electron chi connectivity index (χ0n) is 14.1. The number of anilines is 1. The summed E-state index contributed by atoms with van der Waals surface area (Å²) in [6, 6.07) is 8.38. The van der Waals surface area contributed by atoms with Crippen molar-refractivity contribution in [3.8, 4) is 0 Å². The minimum absolute atomic E-state index is 0.0898. The number of aryl methyl sites for hydroxylation is 1. The third kappa shape index (κ3) is 3.26. The molecule has 1 saturated heterocycles. The van der Waals surface area contributed by atoms with E-state index in [1.807, 2.05) is 47.9 Å². The van der Waals surface area contributed by atoms with Gasteiger partial charge in [-0.1, -0.05) is 25.0 Å². The molecule has 1 aliphatic heterocycles. The lowest BCUT2D eigenvalue weighted by atomic mass is 10.1. The fourth-order valence-corrected chi connectivity index (χ4v) is 3.95. The number of amides is 2. The SMILES string of the molecule is CCN(C(=O)C1CC(=O)N(C2CCCC2)C1)c1cccc(C)c1. The van der Waals surface area contributed by atoms with Crippen molar-refractivity contribution < 1.29 is 9.59 Å². The van der Waals surface area contributed by atoms with Gasteiger partial charge < -0.3 is 9.80 Å². The molecule has 3 rings (SSSR count). The van der Waals surface area contributed by atoms with Crippen molar-refractivity contribution in [3.05, 3.63) is 29.8 Å². The highest BCUT2D eigenvalue weighted by Gasteiger charge is 2.40. The van der Waals surface area contributed by atoms with Crippen molar-refractivity contribution in [2.24, 2.45) is 5.92 Å². The predicted molar refractivity (Wildman–Crippen MR) is 91.3 cm³/mol. The number of hydrogen-bond donors (Lipinski definition) is 0. The maximum atomic E-state index is 12.9. The van der Waals surface area contributed by atoms with Gasteiger partial charge in [-0.25, -0.2) is 0 Å². The summed E-state index contributed by atoms with van der Waals surface area (Å²) >= 11 is 0. The molecule has 0 N–H and O–H groups in total. The summed E-state index contributed by atoms with van der Waals surface area (Å²) in [4.78, 5) is 29.1. The van der Waals surface area contributed by atoms with Crippen molar-refractivity contribution in [2.75, 3.05) is 18.0 Å². The Hall–Kier alpha value is -1.84. The van der Waals surface area contributed by atoms with Gasteiger partial charge in [-0.3, -0.25) is 9.59 Å². The molecule has 4 heteroatoms. The van der Waals surface area contributed by atoms with Crippen LogP contribution in [0.2, 0.25) is 0 Å². The van der Waals surface area contributed by atoms with Crippen molar-refractivity contribution in [1.29, 1.82) is 0 Å². The van der Waals surface area contributed by atoms with E-state index in [4.69, 9.17) is 0 Å². The number of carbonyl (C=O) groups excluding carboxylic acids is 2. The normalized spacial score (nSPS) is 21.9. The fraction of sp³-hybridized carbons (Fsp3) is 0.579. The summed E-state index contributed by atoms with van der Waals surface area (Å²) in [7, 11) is 0. The molecule has 4 nitrogen and oxygen atoms in total. The molecule has 0 radical (unpaired) electrons. The van der Waals surface area contributed by atoms with E-state index >= 15 is 0 Å². The van der Waals surface area contributed by atoms with Crippen LogP contribution < -0.4 is 4.90 Å². The lowest BCUT2D eigenvalue weighted by molar-refractivity contribution is -0.130. The van der Waals surface area contributed by atoms with Crippen LogP contribution >= 0.6 is 0 Å². The van der Waals surface area contributed by atoms with Gasteiger partial charge in [0.1, 0.15) is 0 Å². The second kappa shape index (κ2) is 6.73. The third-order valence-electron chi connectivity index (χ3n) is 5.17. The van der Waals surface area contributed by atoms with Crippen LogP contribution in [-0.2, 0) is 9.59 Å². The summed E-state index contributed by atoms with van der Waals surface area (Å²) < 4.78 is 0. The van der Waals surface area contributed by atoms with Gasteiger partial charge in [0.2, 0.25) is 11.8 Å². The number of hydrogen-bond acceptors (Lipinski definition) is 2. The van der Waals surface area contributed by atoms with Gasteiger partial charge in [0.05, 0.1) is 5.92 Å². The van der Waals surface area contributed by atoms with Crippen LogP contribution in [0.25, 0.3) is 0 Å². The number of rotatable bonds is 4. The molecule has 1 aliphatic carbocycles. The highest BCUT2D eigenvalue weighted by atomic mass is 16.2. The maximum absolute atomic E-state index is 12.9. The Kier molecular flexibility index (Phi) is 4.69. The first-order valence-electron chi connectivity index (χ1n) is 8.77. The summed E-state index contributed by atoms with van der Waals surface area (Å²) in [5.74, 6) is 0.0612. The summed E-state index contributed by atoms with van der Waals surface area (Å²) in [6.45, 7) is 5.26. The number of carbonyl (C=O) groups is 2. The average Bonchev–Trinajstić information content (AvgIpc) is 3.17. The zero-order valence-corrected chi connectivity index (χ0v) is 14.1. The molecule has 2 fully saturated rings. The number of benzene rings is 1. The zero-order chi connectivity index (χ0) is 16.4. The Labute approximate surface area is 138 Å². The second-order valence-electron chi connectivity index (χ2n) is 6.81. The molecule has 1 unspecified atom stereocenters. The van der Waals surface area contributed by atoms with Gasteiger partial charge in [-0.05, 0) is 44.4 Å². The number of nitrogens with zero attached hydrogens (tertiary/aromatic N) is 2. The first-order chi connectivity index (χ1) is 11.1. The Morgan fingerprint density at radius 2 is 2.04 bits per heavy atom. The first kappa shape index (κ1) is 16.0. The van der Waals surface area contributed by atoms with E-state index < -0.39 is 0 Å². The predicted octanol–water partition coefficient (Wildman–Crippen LogP) is 3.14. The first-order valence-corrected chi connectivity index (χ1v) is 8.77. The van der Waals surface area contributed by atoms with Crippen molar-refractivity contribution in [1.82, 2.24) is 4.90 Å². The molecule has 1 atom stereocenters. The molecule has 2 amide bonds. The van der Waals surface area contributed by atoms with Gasteiger partial charge in [-0.2, -0.15) is 0 Å². The van der Waals surface area contributed by atoms with Crippen LogP contribution in [0.3, 0.4) is 0 Å². The summed E-state index contributed by atoms with van der Waals surface area (Å²) in [5, 5.41) is 0. The van der Waals surface area contributed by atoms with E-state index in [0.717, 1.165) is 24.1 Å². The largest absolute Gasteiger partial charge is 0.339 e. The van der Waals surface area contributed by atoms with Crippen molar-refractivity contribution in [3.63, 3.8) is 0 Å². The van der Waals surface area contributed by atoms with E-state index in [1.54, 1.807) is 0 Å². The van der Waals surface area contributed by atoms with Crippen LogP contribution in [0, 0.1) is 12.8 Å². The van der Waals surface area contributed by atoms with E-state index in [1.165, 1.54) is 12.8 Å². The number of likely N-dealkylation sites (tertiary alicyclic amines) is 1. The van der Waals surface area contributed by atoms with Crippen LogP contribution in [0.1, 0.15) is 44.6 Å². The quantitative estimate of drug-likeness (QED) is 0.856. The average molecular weight is 314 g/mol. The molecular weight excluding hydrogens is 288 g/mol. The molecule has 1 aromatic rings. The van der Waals surface area contributed by atoms with Gasteiger partial charge in [0.25, 0.3) is 0 Å². The minimum atomic E-state index is -0.191. The van der Waals surface area contributed by atoms with Gasteiger partial charge in [-0.15, -0.1) is 0 Å². The molecule has 1 heterocycles. The van der Waals surface area contributed by atoms with E-state index in [-0.39, 0.29) is 17.7 Å². The molecule has 0 aromatic heterocycles. The Morgan fingerprint density at radius 3 is 2.70 bits per heavy atom. The highest BCUT2D eigenvalue weighted by molar-refractivity contribution is 5.99. The standard InChI is InChI=1S/C19H26N2O2/c1-3-20(17-10-6-7-14(2)11-17)19(23)15-12-18(22)21(13-15)16-8-4-5-9-16/h6-7,10-11,15-16H,3-5,8-9,12-13H2,1-2H3. The fourth-order valence-electron chi connectivity index (χ4n) is 3.95. The second-order valence-corrected chi connectivity index (χ2v) is 6.81. The van der Waals surface area contributed by atoms with E-state index in [2.05, 4.69) is 0 Å². The van der Waals surface area contributed by atoms with Crippen LogP contribution in [0.15, 0.2) is 24.3 Å². The summed E-state index contributed by atoms with van der Waals surface area (Å²) in [6.07, 6.45) is 4.98. The molecule has 0 spiro atoms. The van der Waals surface area contributed by atoms with Crippen molar-refractivity contribution in [2.45, 2.75) is 52.0 Å². The monoisotopic (exact) mass is 314 g/mol. The maximum Gasteiger partial charge on any atom is 0.232 e. The van der Waals surface area contributed by atoms with Crippen LogP contribution in [0.4, 0.5) is 5.69 Å². The van der Waals surface area contributed by atoms with E-state index in [0.29, 0.717) is 25.6 Å². The molecule has 2 aliphatic rings. The molecule has 1 saturated carbocycles. The van der Waals surface area contributed by atoms with Crippen molar-refractivity contribution >= 4 is 17.5 Å². The Morgan fingerprint density at radius 1 is 1.30 bits per heavy atom. The van der Waals surface area contributed by atoms with Gasteiger partial charge >= 0.3 is 0 Å². The Balaban J connectivity index is 1.73. The topological polar surface area (TPSA) is 40.6 Å². The molecule has 1 aromatic carbocycles. The molecule has 23 heavy (non-hydrogen) atoms. The lowest BCUT2D eigenvalue weighted by Gasteiger charge is -2.26. The minimum Gasteiger partial charge on any atom is -0.339 e. The highest BCUT2D eigenvalue weighted by Crippen LogP contribution is 2.31. The molecular formula is C19H26N2O2. The molecule has 124 valence electrons. The Bertz CT molecular complexity index is 593. The lowest BCUT2D eigenvalue weighted by Crippen LogP contribution is -2.39. The van der Waals surface area contributed by atoms with Gasteiger partial charge in [0.15, 0.2) is 0 Å². The van der Waals surface area contributed by atoms with E-state index in [9.17, 15) is 9.59 Å². The molecule has 0 bridgehead atoms. The smallest absolute Gasteiger partial charge is 0.232 e. The van der Waals surface area contributed by atoms with Crippen LogP contribution in [-0.4, -0.2) is 35.8 Å². The van der Waals surface area contributed by atoms with Crippen LogP contribution in [0.5, 0.6) is 0 Å². The third-order valence-corrected chi connectivity index (χ3v) is 5.17. The summed E-state index contributed by atoms with van der Waals surface area (Å²) in [5.41, 5.74) is 2.08. The van der Waals surface area contributed by atoms with Gasteiger partial charge in [0, 0.05) is 31.2 Å².